The first-order valence-corrected chi connectivity index (χ1v) is 6.59. The molecule has 0 saturated heterocycles. The molecule has 0 bridgehead atoms. The third-order valence-corrected chi connectivity index (χ3v) is 3.49. The lowest BCUT2D eigenvalue weighted by atomic mass is 9.80. The van der Waals surface area contributed by atoms with Gasteiger partial charge in [-0.1, -0.05) is 5.10 Å². The van der Waals surface area contributed by atoms with Crippen molar-refractivity contribution >= 4 is 6.01 Å². The fraction of sp³-hybridized carbons (Fsp3) is 0.833. The van der Waals surface area contributed by atoms with Crippen LogP contribution < -0.4 is 10.6 Å². The summed E-state index contributed by atoms with van der Waals surface area (Å²) < 4.78 is 15.9. The lowest BCUT2D eigenvalue weighted by Crippen LogP contribution is -2.45. The maximum atomic E-state index is 5.52. The Balaban J connectivity index is 1.71. The molecule has 1 saturated carbocycles. The number of ether oxygens (including phenoxy) is 2. The van der Waals surface area contributed by atoms with Gasteiger partial charge in [-0.25, -0.2) is 0 Å². The van der Waals surface area contributed by atoms with Crippen molar-refractivity contribution in [2.45, 2.75) is 31.4 Å². The summed E-state index contributed by atoms with van der Waals surface area (Å²) in [6.45, 7) is 2.68. The summed E-state index contributed by atoms with van der Waals surface area (Å²) in [5.74, 6) is 0.568. The second-order valence-corrected chi connectivity index (χ2v) is 4.76. The van der Waals surface area contributed by atoms with Gasteiger partial charge in [-0.15, -0.1) is 5.10 Å². The topological polar surface area (TPSA) is 81.4 Å². The highest BCUT2D eigenvalue weighted by atomic mass is 16.5. The number of anilines is 1. The van der Waals surface area contributed by atoms with Gasteiger partial charge in [0.25, 0.3) is 0 Å². The van der Waals surface area contributed by atoms with Crippen LogP contribution in [0.15, 0.2) is 4.42 Å². The summed E-state index contributed by atoms with van der Waals surface area (Å²) in [4.78, 5) is 0. The van der Waals surface area contributed by atoms with Crippen molar-refractivity contribution in [3.63, 3.8) is 0 Å². The highest BCUT2D eigenvalue weighted by Crippen LogP contribution is 2.34. The molecule has 0 atom stereocenters. The molecule has 1 aromatic rings. The number of hydrogen-bond donors (Lipinski definition) is 2. The van der Waals surface area contributed by atoms with Gasteiger partial charge in [-0.05, 0) is 19.3 Å². The highest BCUT2D eigenvalue weighted by molar-refractivity contribution is 5.19. The molecular weight excluding hydrogens is 248 g/mol. The molecule has 1 aromatic heterocycles. The van der Waals surface area contributed by atoms with Crippen LogP contribution in [0.4, 0.5) is 6.01 Å². The molecule has 0 radical (unpaired) electrons. The van der Waals surface area contributed by atoms with Gasteiger partial charge in [-0.3, -0.25) is 0 Å². The second-order valence-electron chi connectivity index (χ2n) is 4.76. The van der Waals surface area contributed by atoms with Crippen LogP contribution in [-0.4, -0.2) is 49.7 Å². The molecule has 2 rings (SSSR count). The van der Waals surface area contributed by atoms with Gasteiger partial charge in [-0.2, -0.15) is 0 Å². The van der Waals surface area contributed by atoms with Crippen molar-refractivity contribution in [2.24, 2.45) is 0 Å². The maximum Gasteiger partial charge on any atom is 0.315 e. The molecule has 1 aliphatic rings. The Morgan fingerprint density at radius 3 is 2.79 bits per heavy atom. The van der Waals surface area contributed by atoms with E-state index in [-0.39, 0.29) is 5.60 Å². The average molecular weight is 270 g/mol. The molecule has 2 N–H and O–H groups in total. The number of aromatic nitrogens is 2. The van der Waals surface area contributed by atoms with Crippen LogP contribution in [0.5, 0.6) is 0 Å². The van der Waals surface area contributed by atoms with Crippen molar-refractivity contribution in [3.05, 3.63) is 5.89 Å². The Bertz CT molecular complexity index is 373. The fourth-order valence-electron chi connectivity index (χ4n) is 2.03. The van der Waals surface area contributed by atoms with Crippen LogP contribution in [0.1, 0.15) is 25.2 Å². The van der Waals surface area contributed by atoms with Gasteiger partial charge in [0.1, 0.15) is 0 Å². The minimum absolute atomic E-state index is 0.0502. The van der Waals surface area contributed by atoms with E-state index in [1.54, 1.807) is 14.2 Å². The molecule has 0 aliphatic heterocycles. The summed E-state index contributed by atoms with van der Waals surface area (Å²) in [6, 6.07) is 0.451. The molecular formula is C12H22N4O3. The smallest absolute Gasteiger partial charge is 0.315 e. The van der Waals surface area contributed by atoms with Crippen molar-refractivity contribution in [1.82, 2.24) is 15.5 Å². The van der Waals surface area contributed by atoms with Gasteiger partial charge < -0.3 is 24.5 Å². The minimum Gasteiger partial charge on any atom is -0.407 e. The van der Waals surface area contributed by atoms with Crippen LogP contribution >= 0.6 is 0 Å². The first-order chi connectivity index (χ1) is 9.28. The Morgan fingerprint density at radius 2 is 2.16 bits per heavy atom. The van der Waals surface area contributed by atoms with Crippen LogP contribution in [-0.2, 0) is 16.0 Å². The van der Waals surface area contributed by atoms with Gasteiger partial charge in [0.05, 0.1) is 18.8 Å². The molecule has 0 amide bonds. The number of hydrogen-bond acceptors (Lipinski definition) is 7. The van der Waals surface area contributed by atoms with E-state index in [1.165, 1.54) is 6.42 Å². The van der Waals surface area contributed by atoms with Crippen molar-refractivity contribution in [1.29, 1.82) is 0 Å². The monoisotopic (exact) mass is 270 g/mol. The second kappa shape index (κ2) is 6.83. The summed E-state index contributed by atoms with van der Waals surface area (Å²) in [5, 5.41) is 14.2. The molecule has 7 nitrogen and oxygen atoms in total. The molecule has 0 aromatic carbocycles. The lowest BCUT2D eigenvalue weighted by molar-refractivity contribution is -0.0604. The van der Waals surface area contributed by atoms with Gasteiger partial charge in [0.15, 0.2) is 0 Å². The SMILES string of the molecule is COCCNCc1nnc(NCC2(OC)CCC2)o1. The Kier molecular flexibility index (Phi) is 5.12. The first kappa shape index (κ1) is 14.2. The van der Waals surface area contributed by atoms with Gasteiger partial charge >= 0.3 is 6.01 Å². The third kappa shape index (κ3) is 3.89. The van der Waals surface area contributed by atoms with E-state index in [1.807, 2.05) is 0 Å². The predicted molar refractivity (Wildman–Crippen MR) is 70.0 cm³/mol. The van der Waals surface area contributed by atoms with Gasteiger partial charge in [0, 0.05) is 27.3 Å². The molecule has 1 fully saturated rings. The summed E-state index contributed by atoms with van der Waals surface area (Å²) in [7, 11) is 3.42. The van der Waals surface area contributed by atoms with E-state index >= 15 is 0 Å². The molecule has 108 valence electrons. The fourth-order valence-corrected chi connectivity index (χ4v) is 2.03. The normalized spacial score (nSPS) is 17.2. The number of methoxy groups -OCH3 is 2. The Morgan fingerprint density at radius 1 is 1.32 bits per heavy atom. The summed E-state index contributed by atoms with van der Waals surface area (Å²) in [6.07, 6.45) is 3.38. The van der Waals surface area contributed by atoms with Crippen molar-refractivity contribution in [3.8, 4) is 0 Å². The van der Waals surface area contributed by atoms with E-state index in [9.17, 15) is 0 Å². The highest BCUT2D eigenvalue weighted by Gasteiger charge is 2.37. The zero-order valence-electron chi connectivity index (χ0n) is 11.6. The standard InChI is InChI=1S/C12H22N4O3/c1-17-7-6-13-8-10-15-16-11(19-10)14-9-12(18-2)4-3-5-12/h13H,3-9H2,1-2H3,(H,14,16). The van der Waals surface area contributed by atoms with Crippen LogP contribution in [0.25, 0.3) is 0 Å². The quantitative estimate of drug-likeness (QED) is 0.642. The first-order valence-electron chi connectivity index (χ1n) is 6.59. The summed E-state index contributed by atoms with van der Waals surface area (Å²) >= 11 is 0. The lowest BCUT2D eigenvalue weighted by Gasteiger charge is -2.40. The van der Waals surface area contributed by atoms with Crippen molar-refractivity contribution < 1.29 is 13.9 Å². The number of nitrogens with zero attached hydrogens (tertiary/aromatic N) is 2. The van der Waals surface area contributed by atoms with E-state index < -0.39 is 0 Å². The zero-order chi connectivity index (χ0) is 13.6. The van der Waals surface area contributed by atoms with E-state index in [0.717, 1.165) is 19.4 Å². The van der Waals surface area contributed by atoms with Crippen molar-refractivity contribution in [2.75, 3.05) is 39.2 Å². The van der Waals surface area contributed by atoms with E-state index in [2.05, 4.69) is 20.8 Å². The Hall–Kier alpha value is -1.18. The number of rotatable bonds is 9. The van der Waals surface area contributed by atoms with Crippen LogP contribution in [0.3, 0.4) is 0 Å². The predicted octanol–water partition coefficient (Wildman–Crippen LogP) is 0.787. The zero-order valence-corrected chi connectivity index (χ0v) is 11.6. The average Bonchev–Trinajstić information content (AvgIpc) is 2.82. The van der Waals surface area contributed by atoms with Gasteiger partial charge in [0.2, 0.25) is 5.89 Å². The molecule has 1 heterocycles. The molecule has 0 unspecified atom stereocenters. The number of nitrogens with one attached hydrogen (secondary N) is 2. The van der Waals surface area contributed by atoms with Crippen LogP contribution in [0.2, 0.25) is 0 Å². The minimum atomic E-state index is -0.0502. The third-order valence-electron chi connectivity index (χ3n) is 3.49. The maximum absolute atomic E-state index is 5.52. The summed E-state index contributed by atoms with van der Waals surface area (Å²) in [5.41, 5.74) is -0.0502. The largest absolute Gasteiger partial charge is 0.407 e. The molecule has 7 heteroatoms. The van der Waals surface area contributed by atoms with Crippen LogP contribution in [0, 0.1) is 0 Å². The molecule has 19 heavy (non-hydrogen) atoms. The van der Waals surface area contributed by atoms with E-state index in [0.29, 0.717) is 31.6 Å². The van der Waals surface area contributed by atoms with E-state index in [4.69, 9.17) is 13.9 Å². The molecule has 1 aliphatic carbocycles. The molecule has 0 spiro atoms. The Labute approximate surface area is 113 Å².